The van der Waals surface area contributed by atoms with Gasteiger partial charge < -0.3 is 10.2 Å². The minimum atomic E-state index is -0.348. The molecule has 1 atom stereocenters. The Kier molecular flexibility index (Phi) is 3.46. The summed E-state index contributed by atoms with van der Waals surface area (Å²) in [4.78, 5) is 25.1. The van der Waals surface area contributed by atoms with Crippen LogP contribution in [0.2, 0.25) is 0 Å². The summed E-state index contributed by atoms with van der Waals surface area (Å²) in [6.07, 6.45) is 1.65. The predicted molar refractivity (Wildman–Crippen MR) is 68.9 cm³/mol. The maximum atomic E-state index is 11.8. The van der Waals surface area contributed by atoms with Crippen LogP contribution in [-0.2, 0) is 4.79 Å². The molecule has 1 aromatic rings. The van der Waals surface area contributed by atoms with Crippen molar-refractivity contribution >= 4 is 11.8 Å². The molecular formula is C14H16N2O2. The second-order valence-corrected chi connectivity index (χ2v) is 4.22. The first-order valence-corrected chi connectivity index (χ1v) is 5.98. The van der Waals surface area contributed by atoms with Gasteiger partial charge in [0.15, 0.2) is 5.78 Å². The number of ketones is 1. The third kappa shape index (κ3) is 2.27. The Morgan fingerprint density at radius 1 is 1.33 bits per heavy atom. The maximum Gasteiger partial charge on any atom is 0.322 e. The van der Waals surface area contributed by atoms with E-state index in [1.807, 2.05) is 37.3 Å². The van der Waals surface area contributed by atoms with Crippen molar-refractivity contribution in [1.82, 2.24) is 10.2 Å². The zero-order chi connectivity index (χ0) is 13.1. The van der Waals surface area contributed by atoms with Gasteiger partial charge in [0.1, 0.15) is 0 Å². The van der Waals surface area contributed by atoms with Gasteiger partial charge in [-0.15, -0.1) is 0 Å². The zero-order valence-corrected chi connectivity index (χ0v) is 10.5. The van der Waals surface area contributed by atoms with Gasteiger partial charge in [-0.1, -0.05) is 30.3 Å². The predicted octanol–water partition coefficient (Wildman–Crippen LogP) is 2.25. The zero-order valence-electron chi connectivity index (χ0n) is 10.5. The summed E-state index contributed by atoms with van der Waals surface area (Å²) in [5.74, 6) is -0.0256. The Morgan fingerprint density at radius 2 is 2.00 bits per heavy atom. The molecule has 2 amide bonds. The summed E-state index contributed by atoms with van der Waals surface area (Å²) in [5.41, 5.74) is 1.53. The fourth-order valence-electron chi connectivity index (χ4n) is 2.02. The monoisotopic (exact) mass is 244 g/mol. The van der Waals surface area contributed by atoms with Crippen LogP contribution in [0, 0.1) is 0 Å². The highest BCUT2D eigenvalue weighted by Gasteiger charge is 2.29. The standard InChI is InChI=1S/C14H16N2O2/c1-3-16-9-12(10(2)17)13(15-14(16)18)11-7-5-4-6-8-11/h4-9,13H,3H2,1-2H3,(H,15,18). The van der Waals surface area contributed by atoms with Crippen LogP contribution < -0.4 is 5.32 Å². The number of nitrogens with zero attached hydrogens (tertiary/aromatic N) is 1. The molecule has 1 aliphatic heterocycles. The highest BCUT2D eigenvalue weighted by atomic mass is 16.2. The molecule has 0 saturated carbocycles. The molecule has 18 heavy (non-hydrogen) atoms. The van der Waals surface area contributed by atoms with Crippen LogP contribution in [-0.4, -0.2) is 23.3 Å². The van der Waals surface area contributed by atoms with E-state index < -0.39 is 0 Å². The van der Waals surface area contributed by atoms with Crippen molar-refractivity contribution in [2.45, 2.75) is 19.9 Å². The normalized spacial score (nSPS) is 19.2. The third-order valence-electron chi connectivity index (χ3n) is 3.01. The van der Waals surface area contributed by atoms with E-state index in [2.05, 4.69) is 5.32 Å². The smallest absolute Gasteiger partial charge is 0.322 e. The molecule has 0 radical (unpaired) electrons. The van der Waals surface area contributed by atoms with Crippen molar-refractivity contribution in [1.29, 1.82) is 0 Å². The molecule has 1 unspecified atom stereocenters. The van der Waals surface area contributed by atoms with Gasteiger partial charge in [0, 0.05) is 18.3 Å². The van der Waals surface area contributed by atoms with Gasteiger partial charge in [-0.05, 0) is 19.4 Å². The first-order valence-electron chi connectivity index (χ1n) is 5.98. The number of carbonyl (C=O) groups excluding carboxylic acids is 2. The van der Waals surface area contributed by atoms with E-state index in [1.54, 1.807) is 6.20 Å². The molecule has 1 N–H and O–H groups in total. The summed E-state index contributed by atoms with van der Waals surface area (Å²) in [6.45, 7) is 3.94. The van der Waals surface area contributed by atoms with Gasteiger partial charge in [0.05, 0.1) is 6.04 Å². The summed E-state index contributed by atoms with van der Waals surface area (Å²) >= 11 is 0. The van der Waals surface area contributed by atoms with Crippen molar-refractivity contribution in [3.8, 4) is 0 Å². The Bertz CT molecular complexity index is 494. The van der Waals surface area contributed by atoms with Crippen LogP contribution >= 0.6 is 0 Å². The van der Waals surface area contributed by atoms with Crippen molar-refractivity contribution < 1.29 is 9.59 Å². The summed E-state index contributed by atoms with van der Waals surface area (Å²) in [5, 5.41) is 2.86. The highest BCUT2D eigenvalue weighted by molar-refractivity contribution is 5.97. The first-order chi connectivity index (χ1) is 8.63. The number of carbonyl (C=O) groups is 2. The van der Waals surface area contributed by atoms with Crippen molar-refractivity contribution in [2.75, 3.05) is 6.54 Å². The first kappa shape index (κ1) is 12.4. The van der Waals surface area contributed by atoms with Gasteiger partial charge in [-0.3, -0.25) is 4.79 Å². The van der Waals surface area contributed by atoms with Crippen LogP contribution in [0.15, 0.2) is 42.1 Å². The molecule has 4 nitrogen and oxygen atoms in total. The fourth-order valence-corrected chi connectivity index (χ4v) is 2.02. The number of Topliss-reactive ketones (excluding diaryl/α,β-unsaturated/α-hetero) is 1. The van der Waals surface area contributed by atoms with E-state index in [0.717, 1.165) is 5.56 Å². The molecule has 0 aromatic heterocycles. The Morgan fingerprint density at radius 3 is 2.56 bits per heavy atom. The van der Waals surface area contributed by atoms with Gasteiger partial charge in [-0.2, -0.15) is 0 Å². The Balaban J connectivity index is 2.41. The molecule has 1 aromatic carbocycles. The lowest BCUT2D eigenvalue weighted by atomic mass is 9.95. The van der Waals surface area contributed by atoms with E-state index >= 15 is 0 Å². The quantitative estimate of drug-likeness (QED) is 0.886. The number of urea groups is 1. The molecule has 4 heteroatoms. The molecular weight excluding hydrogens is 228 g/mol. The maximum absolute atomic E-state index is 11.8. The lowest BCUT2D eigenvalue weighted by molar-refractivity contribution is -0.114. The second kappa shape index (κ2) is 5.04. The number of amides is 2. The third-order valence-corrected chi connectivity index (χ3v) is 3.01. The van der Waals surface area contributed by atoms with E-state index in [4.69, 9.17) is 0 Å². The van der Waals surface area contributed by atoms with Gasteiger partial charge >= 0.3 is 6.03 Å². The average molecular weight is 244 g/mol. The number of rotatable bonds is 3. The van der Waals surface area contributed by atoms with Crippen LogP contribution in [0.1, 0.15) is 25.5 Å². The van der Waals surface area contributed by atoms with Crippen LogP contribution in [0.5, 0.6) is 0 Å². The minimum absolute atomic E-state index is 0.0256. The van der Waals surface area contributed by atoms with Crippen molar-refractivity contribution in [3.63, 3.8) is 0 Å². The molecule has 1 aliphatic rings. The second-order valence-electron chi connectivity index (χ2n) is 4.22. The number of benzene rings is 1. The summed E-state index contributed by atoms with van der Waals surface area (Å²) in [6, 6.07) is 8.99. The molecule has 0 spiro atoms. The molecule has 94 valence electrons. The molecule has 1 heterocycles. The summed E-state index contributed by atoms with van der Waals surface area (Å²) in [7, 11) is 0. The van der Waals surface area contributed by atoms with Crippen LogP contribution in [0.4, 0.5) is 4.79 Å². The topological polar surface area (TPSA) is 49.4 Å². The molecule has 0 bridgehead atoms. The van der Waals surface area contributed by atoms with Gasteiger partial charge in [0.2, 0.25) is 0 Å². The lowest BCUT2D eigenvalue weighted by Gasteiger charge is -2.30. The molecule has 0 saturated heterocycles. The number of nitrogens with one attached hydrogen (secondary N) is 1. The van der Waals surface area contributed by atoms with Gasteiger partial charge in [0.25, 0.3) is 0 Å². The Labute approximate surface area is 106 Å². The van der Waals surface area contributed by atoms with Crippen molar-refractivity contribution in [2.24, 2.45) is 0 Å². The van der Waals surface area contributed by atoms with E-state index in [0.29, 0.717) is 12.1 Å². The largest absolute Gasteiger partial charge is 0.327 e. The summed E-state index contributed by atoms with van der Waals surface area (Å²) < 4.78 is 0. The SMILES string of the molecule is CCN1C=C(C(C)=O)C(c2ccccc2)NC1=O. The van der Waals surface area contributed by atoms with E-state index in [-0.39, 0.29) is 17.9 Å². The number of hydrogen-bond donors (Lipinski definition) is 1. The van der Waals surface area contributed by atoms with Gasteiger partial charge in [-0.25, -0.2) is 4.79 Å². The highest BCUT2D eigenvalue weighted by Crippen LogP contribution is 2.26. The molecule has 0 fully saturated rings. The Hall–Kier alpha value is -2.10. The molecule has 0 aliphatic carbocycles. The number of hydrogen-bond acceptors (Lipinski definition) is 2. The fraction of sp³-hybridized carbons (Fsp3) is 0.286. The van der Waals surface area contributed by atoms with Crippen LogP contribution in [0.25, 0.3) is 0 Å². The van der Waals surface area contributed by atoms with Crippen molar-refractivity contribution in [3.05, 3.63) is 47.7 Å². The van der Waals surface area contributed by atoms with E-state index in [9.17, 15) is 9.59 Å². The van der Waals surface area contributed by atoms with Crippen LogP contribution in [0.3, 0.4) is 0 Å². The van der Waals surface area contributed by atoms with E-state index in [1.165, 1.54) is 11.8 Å². The molecule has 2 rings (SSSR count). The minimum Gasteiger partial charge on any atom is -0.327 e. The lowest BCUT2D eigenvalue weighted by Crippen LogP contribution is -2.44. The average Bonchev–Trinajstić information content (AvgIpc) is 2.39.